The molecule has 1 unspecified atom stereocenters. The number of methoxy groups -OCH3 is 1. The Morgan fingerprint density at radius 3 is 2.77 bits per heavy atom. The van der Waals surface area contributed by atoms with E-state index in [1.165, 1.54) is 0 Å². The molecule has 1 heterocycles. The zero-order valence-electron chi connectivity index (χ0n) is 14.0. The van der Waals surface area contributed by atoms with Crippen molar-refractivity contribution in [1.29, 1.82) is 0 Å². The van der Waals surface area contributed by atoms with E-state index >= 15 is 0 Å². The molecule has 1 aromatic carbocycles. The van der Waals surface area contributed by atoms with Gasteiger partial charge in [-0.3, -0.25) is 4.79 Å². The molecule has 1 amide bonds. The molecule has 1 atom stereocenters. The Bertz CT molecular complexity index is 482. The van der Waals surface area contributed by atoms with Crippen molar-refractivity contribution in [1.82, 2.24) is 4.90 Å². The Morgan fingerprint density at radius 1 is 1.41 bits per heavy atom. The van der Waals surface area contributed by atoms with Crippen molar-refractivity contribution in [3.05, 3.63) is 24.3 Å². The van der Waals surface area contributed by atoms with Crippen LogP contribution in [0.25, 0.3) is 0 Å². The number of benzene rings is 1. The van der Waals surface area contributed by atoms with Gasteiger partial charge < -0.3 is 15.0 Å². The number of nitrogens with zero attached hydrogens (tertiary/aromatic N) is 1. The van der Waals surface area contributed by atoms with Gasteiger partial charge in [0, 0.05) is 36.8 Å². The van der Waals surface area contributed by atoms with Crippen molar-refractivity contribution in [3.63, 3.8) is 0 Å². The number of hydrogen-bond acceptors (Lipinski definition) is 3. The third kappa shape index (κ3) is 4.39. The maximum Gasteiger partial charge on any atom is 0.225 e. The first-order chi connectivity index (χ1) is 10.6. The molecule has 1 aliphatic heterocycles. The number of rotatable bonds is 6. The minimum atomic E-state index is 0.160. The number of carbonyl (C=O) groups is 1. The number of piperidine rings is 1. The Balaban J connectivity index is 1.83. The van der Waals surface area contributed by atoms with Crippen molar-refractivity contribution >= 4 is 11.6 Å². The second kappa shape index (κ2) is 8.06. The van der Waals surface area contributed by atoms with E-state index in [0.29, 0.717) is 11.9 Å². The van der Waals surface area contributed by atoms with Crippen molar-refractivity contribution < 1.29 is 9.53 Å². The summed E-state index contributed by atoms with van der Waals surface area (Å²) in [6, 6.07) is 8.44. The standard InChI is InChI=1S/C18H28N2O2/c1-4-6-14(2)18(21)20-11-9-15(10-12-20)19-16-7-5-8-17(13-16)22-3/h5,7-8,13-15,19H,4,6,9-12H2,1-3H3. The van der Waals surface area contributed by atoms with Crippen LogP contribution in [-0.4, -0.2) is 37.0 Å². The van der Waals surface area contributed by atoms with Gasteiger partial charge in [-0.2, -0.15) is 0 Å². The highest BCUT2D eigenvalue weighted by Crippen LogP contribution is 2.22. The average Bonchev–Trinajstić information content (AvgIpc) is 2.55. The van der Waals surface area contributed by atoms with E-state index in [9.17, 15) is 4.79 Å². The molecular formula is C18H28N2O2. The molecule has 0 bridgehead atoms. The van der Waals surface area contributed by atoms with E-state index in [2.05, 4.69) is 18.3 Å². The van der Waals surface area contributed by atoms with Crippen LogP contribution >= 0.6 is 0 Å². The summed E-state index contributed by atoms with van der Waals surface area (Å²) >= 11 is 0. The predicted molar refractivity (Wildman–Crippen MR) is 90.3 cm³/mol. The molecule has 4 heteroatoms. The van der Waals surface area contributed by atoms with Gasteiger partial charge in [0.15, 0.2) is 0 Å². The summed E-state index contributed by atoms with van der Waals surface area (Å²) in [7, 11) is 1.68. The van der Waals surface area contributed by atoms with Gasteiger partial charge in [-0.1, -0.05) is 26.3 Å². The zero-order chi connectivity index (χ0) is 15.9. The molecule has 122 valence electrons. The number of carbonyl (C=O) groups excluding carboxylic acids is 1. The Labute approximate surface area is 133 Å². The Hall–Kier alpha value is -1.71. The lowest BCUT2D eigenvalue weighted by molar-refractivity contribution is -0.136. The summed E-state index contributed by atoms with van der Waals surface area (Å²) < 4.78 is 5.25. The van der Waals surface area contributed by atoms with Gasteiger partial charge in [-0.05, 0) is 31.4 Å². The first kappa shape index (κ1) is 16.7. The van der Waals surface area contributed by atoms with E-state index < -0.39 is 0 Å². The highest BCUT2D eigenvalue weighted by Gasteiger charge is 2.25. The Morgan fingerprint density at radius 2 is 2.14 bits per heavy atom. The molecule has 1 aliphatic rings. The van der Waals surface area contributed by atoms with Gasteiger partial charge in [-0.15, -0.1) is 0 Å². The largest absolute Gasteiger partial charge is 0.497 e. The lowest BCUT2D eigenvalue weighted by Gasteiger charge is -2.34. The second-order valence-corrected chi connectivity index (χ2v) is 6.17. The molecule has 1 fully saturated rings. The fraction of sp³-hybridized carbons (Fsp3) is 0.611. The average molecular weight is 304 g/mol. The summed E-state index contributed by atoms with van der Waals surface area (Å²) in [4.78, 5) is 14.4. The molecule has 4 nitrogen and oxygen atoms in total. The number of amides is 1. The van der Waals surface area contributed by atoms with Crippen LogP contribution in [-0.2, 0) is 4.79 Å². The third-order valence-corrected chi connectivity index (χ3v) is 4.39. The fourth-order valence-corrected chi connectivity index (χ4v) is 3.06. The van der Waals surface area contributed by atoms with Crippen molar-refractivity contribution in [2.75, 3.05) is 25.5 Å². The summed E-state index contributed by atoms with van der Waals surface area (Å²) in [6.45, 7) is 5.89. The van der Waals surface area contributed by atoms with Crippen LogP contribution < -0.4 is 10.1 Å². The minimum Gasteiger partial charge on any atom is -0.497 e. The zero-order valence-corrected chi connectivity index (χ0v) is 14.0. The van der Waals surface area contributed by atoms with Crippen molar-refractivity contribution in [2.45, 2.75) is 45.6 Å². The quantitative estimate of drug-likeness (QED) is 0.874. The summed E-state index contributed by atoms with van der Waals surface area (Å²) in [5.41, 5.74) is 1.09. The van der Waals surface area contributed by atoms with Crippen LogP contribution in [0.4, 0.5) is 5.69 Å². The van der Waals surface area contributed by atoms with Crippen LogP contribution in [0.2, 0.25) is 0 Å². The van der Waals surface area contributed by atoms with Crippen LogP contribution in [0.3, 0.4) is 0 Å². The van der Waals surface area contributed by atoms with E-state index in [0.717, 1.165) is 50.2 Å². The predicted octanol–water partition coefficient (Wildman–Crippen LogP) is 3.53. The smallest absolute Gasteiger partial charge is 0.225 e. The van der Waals surface area contributed by atoms with E-state index in [4.69, 9.17) is 4.74 Å². The molecule has 1 saturated heterocycles. The number of likely N-dealkylation sites (tertiary alicyclic amines) is 1. The highest BCUT2D eigenvalue weighted by atomic mass is 16.5. The van der Waals surface area contributed by atoms with E-state index in [1.807, 2.05) is 30.0 Å². The summed E-state index contributed by atoms with van der Waals surface area (Å²) in [6.07, 6.45) is 4.06. The number of anilines is 1. The van der Waals surface area contributed by atoms with Gasteiger partial charge >= 0.3 is 0 Å². The first-order valence-corrected chi connectivity index (χ1v) is 8.33. The van der Waals surface area contributed by atoms with Gasteiger partial charge in [0.1, 0.15) is 5.75 Å². The number of nitrogens with one attached hydrogen (secondary N) is 1. The van der Waals surface area contributed by atoms with Gasteiger partial charge in [0.05, 0.1) is 7.11 Å². The normalized spacial score (nSPS) is 17.1. The first-order valence-electron chi connectivity index (χ1n) is 8.33. The van der Waals surface area contributed by atoms with Crippen LogP contribution in [0.15, 0.2) is 24.3 Å². The lowest BCUT2D eigenvalue weighted by Crippen LogP contribution is -2.44. The maximum absolute atomic E-state index is 12.3. The molecule has 2 rings (SSSR count). The van der Waals surface area contributed by atoms with Crippen molar-refractivity contribution in [3.8, 4) is 5.75 Å². The number of ether oxygens (including phenoxy) is 1. The second-order valence-electron chi connectivity index (χ2n) is 6.17. The third-order valence-electron chi connectivity index (χ3n) is 4.39. The lowest BCUT2D eigenvalue weighted by atomic mass is 10.00. The van der Waals surface area contributed by atoms with Crippen LogP contribution in [0, 0.1) is 5.92 Å². The number of hydrogen-bond donors (Lipinski definition) is 1. The molecule has 0 aliphatic carbocycles. The van der Waals surface area contributed by atoms with Crippen LogP contribution in [0.1, 0.15) is 39.5 Å². The summed E-state index contributed by atoms with van der Waals surface area (Å²) in [5.74, 6) is 1.35. The topological polar surface area (TPSA) is 41.6 Å². The molecule has 0 aromatic heterocycles. The molecular weight excluding hydrogens is 276 g/mol. The van der Waals surface area contributed by atoms with E-state index in [1.54, 1.807) is 7.11 Å². The maximum atomic E-state index is 12.3. The van der Waals surface area contributed by atoms with Gasteiger partial charge in [-0.25, -0.2) is 0 Å². The molecule has 1 N–H and O–H groups in total. The molecule has 22 heavy (non-hydrogen) atoms. The van der Waals surface area contributed by atoms with Gasteiger partial charge in [0.2, 0.25) is 5.91 Å². The molecule has 0 saturated carbocycles. The molecule has 1 aromatic rings. The highest BCUT2D eigenvalue weighted by molar-refractivity contribution is 5.78. The monoisotopic (exact) mass is 304 g/mol. The summed E-state index contributed by atoms with van der Waals surface area (Å²) in [5, 5.41) is 3.55. The van der Waals surface area contributed by atoms with Gasteiger partial charge in [0.25, 0.3) is 0 Å². The molecule has 0 spiro atoms. The van der Waals surface area contributed by atoms with E-state index in [-0.39, 0.29) is 5.92 Å². The molecule has 0 radical (unpaired) electrons. The minimum absolute atomic E-state index is 0.160. The SMILES string of the molecule is CCCC(C)C(=O)N1CCC(Nc2cccc(OC)c2)CC1. The van der Waals surface area contributed by atoms with Crippen molar-refractivity contribution in [2.24, 2.45) is 5.92 Å². The van der Waals surface area contributed by atoms with Crippen LogP contribution in [0.5, 0.6) is 5.75 Å². The fourth-order valence-electron chi connectivity index (χ4n) is 3.06. The Kier molecular flexibility index (Phi) is 6.10.